The maximum atomic E-state index is 14.8. The Morgan fingerprint density at radius 1 is 1.31 bits per heavy atom. The van der Waals surface area contributed by atoms with Crippen LogP contribution in [0.15, 0.2) is 18.2 Å². The Balaban J connectivity index is 3.36. The van der Waals surface area contributed by atoms with Crippen LogP contribution < -0.4 is 11.1 Å². The van der Waals surface area contributed by atoms with E-state index in [0.29, 0.717) is 22.8 Å². The highest BCUT2D eigenvalue weighted by atomic mass is 127. The van der Waals surface area contributed by atoms with Crippen LogP contribution >= 0.6 is 45.2 Å². The van der Waals surface area contributed by atoms with E-state index in [1.165, 1.54) is 6.07 Å². The number of nitrogens with one attached hydrogen (secondary N) is 1. The summed E-state index contributed by atoms with van der Waals surface area (Å²) in [4.78, 5) is 12.5. The van der Waals surface area contributed by atoms with E-state index in [0.717, 1.165) is 3.57 Å². The van der Waals surface area contributed by atoms with Gasteiger partial charge >= 0.3 is 6.09 Å². The van der Waals surface area contributed by atoms with Gasteiger partial charge in [0.15, 0.2) is 0 Å². The van der Waals surface area contributed by atoms with Gasteiger partial charge in [-0.15, -0.1) is 0 Å². The lowest BCUT2D eigenvalue weighted by Crippen LogP contribution is -2.48. The number of nitrogens with two attached hydrogens (primary N) is 1. The van der Waals surface area contributed by atoms with Gasteiger partial charge in [-0.1, -0.05) is 28.5 Å². The van der Waals surface area contributed by atoms with E-state index in [1.54, 1.807) is 46.1 Å². The number of ether oxygens (including phenoxy) is 1. The molecular weight excluding hydrogens is 621 g/mol. The third-order valence-corrected chi connectivity index (χ3v) is 8.44. The number of benzene rings is 1. The molecule has 0 heterocycles. The summed E-state index contributed by atoms with van der Waals surface area (Å²) in [6.45, 7) is 7.01. The van der Waals surface area contributed by atoms with Crippen LogP contribution in [0.1, 0.15) is 46.1 Å². The van der Waals surface area contributed by atoms with Crippen molar-refractivity contribution in [2.24, 2.45) is 5.73 Å². The fourth-order valence-electron chi connectivity index (χ4n) is 2.75. The van der Waals surface area contributed by atoms with Gasteiger partial charge in [0.2, 0.25) is 0 Å². The van der Waals surface area contributed by atoms with Gasteiger partial charge in [-0.2, -0.15) is 0 Å². The van der Waals surface area contributed by atoms with Gasteiger partial charge in [-0.25, -0.2) is 9.18 Å². The molecule has 1 aromatic rings. The molecule has 0 aliphatic rings. The summed E-state index contributed by atoms with van der Waals surface area (Å²) in [6.07, 6.45) is 1.56. The molecule has 5 nitrogen and oxygen atoms in total. The topological polar surface area (TPSA) is 81.4 Å². The summed E-state index contributed by atoms with van der Waals surface area (Å²) in [6, 6.07) is 7.09. The number of halogens is 3. The quantitative estimate of drug-likeness (QED) is 0.199. The third-order valence-electron chi connectivity index (χ3n) is 4.39. The zero-order valence-electron chi connectivity index (χ0n) is 17.2. The molecule has 0 saturated heterocycles. The lowest BCUT2D eigenvalue weighted by Gasteiger charge is -2.35. The molecule has 1 amide bonds. The lowest BCUT2D eigenvalue weighted by molar-refractivity contribution is 0.0451. The fraction of sp³-hybridized carbons (Fsp3) is 0.550. The van der Waals surface area contributed by atoms with E-state index in [9.17, 15) is 13.4 Å². The Morgan fingerprint density at radius 3 is 2.41 bits per heavy atom. The van der Waals surface area contributed by atoms with Crippen molar-refractivity contribution in [1.82, 2.24) is 5.32 Å². The number of hydrogen-bond donors (Lipinski definition) is 2. The van der Waals surface area contributed by atoms with Gasteiger partial charge in [0, 0.05) is 36.7 Å². The zero-order chi connectivity index (χ0) is 22.5. The van der Waals surface area contributed by atoms with Crippen LogP contribution in [0.4, 0.5) is 9.18 Å². The van der Waals surface area contributed by atoms with Crippen molar-refractivity contribution in [2.75, 3.05) is 10.7 Å². The van der Waals surface area contributed by atoms with Gasteiger partial charge in [0.05, 0.1) is 5.54 Å². The smallest absolute Gasteiger partial charge is 0.408 e. The number of carbonyl (C=O) groups is 1. The van der Waals surface area contributed by atoms with Crippen molar-refractivity contribution in [3.8, 4) is 12.0 Å². The molecule has 1 rings (SSSR count). The molecule has 2 unspecified atom stereocenters. The first-order valence-corrected chi connectivity index (χ1v) is 13.0. The average molecular weight is 648 g/mol. The summed E-state index contributed by atoms with van der Waals surface area (Å²) in [5.41, 5.74) is 3.96. The average Bonchev–Trinajstić information content (AvgIpc) is 2.58. The fourth-order valence-corrected chi connectivity index (χ4v) is 5.88. The highest BCUT2D eigenvalue weighted by molar-refractivity contribution is 14.1. The van der Waals surface area contributed by atoms with Crippen LogP contribution in [-0.4, -0.2) is 31.3 Å². The molecule has 0 bridgehead atoms. The van der Waals surface area contributed by atoms with Gasteiger partial charge in [-0.3, -0.25) is 4.21 Å². The van der Waals surface area contributed by atoms with Gasteiger partial charge in [-0.05, 0) is 81.3 Å². The minimum Gasteiger partial charge on any atom is -0.444 e. The molecule has 1 aromatic carbocycles. The van der Waals surface area contributed by atoms with Gasteiger partial charge < -0.3 is 15.8 Å². The molecule has 0 aromatic heterocycles. The van der Waals surface area contributed by atoms with Crippen LogP contribution in [-0.2, 0) is 21.1 Å². The molecule has 0 radical (unpaired) electrons. The molecule has 0 aliphatic heterocycles. The highest BCUT2D eigenvalue weighted by Gasteiger charge is 2.39. The van der Waals surface area contributed by atoms with Crippen molar-refractivity contribution in [2.45, 2.75) is 56.4 Å². The van der Waals surface area contributed by atoms with Crippen LogP contribution in [0.3, 0.4) is 0 Å². The van der Waals surface area contributed by atoms with Crippen molar-refractivity contribution < 1.29 is 18.1 Å². The second-order valence-electron chi connectivity index (χ2n) is 7.93. The number of rotatable bonds is 7. The molecule has 0 saturated carbocycles. The van der Waals surface area contributed by atoms with Gasteiger partial charge in [0.1, 0.15) is 16.2 Å². The molecule has 3 N–H and O–H groups in total. The minimum atomic E-state index is -1.29. The number of amides is 1. The summed E-state index contributed by atoms with van der Waals surface area (Å²) in [5.74, 6) is 2.43. The first-order chi connectivity index (χ1) is 13.3. The molecule has 162 valence electrons. The number of alkyl halides is 1. The van der Waals surface area contributed by atoms with Crippen LogP contribution in [0.25, 0.3) is 0 Å². The maximum absolute atomic E-state index is 14.8. The van der Waals surface area contributed by atoms with Crippen molar-refractivity contribution in [3.63, 3.8) is 0 Å². The van der Waals surface area contributed by atoms with Gasteiger partial charge in [0.25, 0.3) is 0 Å². The van der Waals surface area contributed by atoms with Crippen LogP contribution in [0.5, 0.6) is 0 Å². The van der Waals surface area contributed by atoms with Crippen molar-refractivity contribution in [3.05, 3.63) is 33.1 Å². The Kier molecular flexibility index (Phi) is 9.67. The summed E-state index contributed by atoms with van der Waals surface area (Å²) < 4.78 is 33.0. The van der Waals surface area contributed by atoms with Crippen molar-refractivity contribution in [1.29, 1.82) is 0 Å². The normalized spacial score (nSPS) is 16.6. The molecule has 0 spiro atoms. The minimum absolute atomic E-state index is 0.292. The maximum Gasteiger partial charge on any atom is 0.408 e. The Morgan fingerprint density at radius 2 is 1.93 bits per heavy atom. The monoisotopic (exact) mass is 648 g/mol. The molecule has 29 heavy (non-hydrogen) atoms. The Bertz CT molecular complexity index is 835. The SMILES string of the molecule is CS(=O)C(C#CN)(CI)CC[C@](C)(NC(=O)OC(C)(C)C)c1cc(I)ccc1F. The largest absolute Gasteiger partial charge is 0.444 e. The third kappa shape index (κ3) is 7.54. The predicted octanol–water partition coefficient (Wildman–Crippen LogP) is 4.42. The molecule has 9 heteroatoms. The summed E-state index contributed by atoms with van der Waals surface area (Å²) >= 11 is 4.22. The van der Waals surface area contributed by atoms with E-state index >= 15 is 0 Å². The van der Waals surface area contributed by atoms with E-state index in [1.807, 2.05) is 0 Å². The predicted molar refractivity (Wildman–Crippen MR) is 133 cm³/mol. The first kappa shape index (κ1) is 26.4. The standard InChI is InChI=1S/C20H27FI2N2O3S/c1-18(2,3)28-17(26)25-19(4,15-12-14(23)6-7-16(15)21)8-9-20(13-22,10-11-24)29(5)27/h6-7,12H,8-9,13,24H2,1-5H3,(H,25,26)/t19-,20?,29?/m0/s1. The lowest BCUT2D eigenvalue weighted by atomic mass is 9.84. The van der Waals surface area contributed by atoms with E-state index in [-0.39, 0.29) is 0 Å². The molecule has 3 atom stereocenters. The second-order valence-corrected chi connectivity index (χ2v) is 11.6. The highest BCUT2D eigenvalue weighted by Crippen LogP contribution is 2.34. The van der Waals surface area contributed by atoms with Crippen molar-refractivity contribution >= 4 is 62.1 Å². The first-order valence-electron chi connectivity index (χ1n) is 8.87. The van der Waals surface area contributed by atoms with E-state index < -0.39 is 38.6 Å². The second kappa shape index (κ2) is 10.6. The Labute approximate surface area is 202 Å². The van der Waals surface area contributed by atoms with Crippen LogP contribution in [0, 0.1) is 21.4 Å². The zero-order valence-corrected chi connectivity index (χ0v) is 22.3. The number of carbonyl (C=O) groups excluding carboxylic acids is 1. The molecule has 0 aliphatic carbocycles. The number of alkyl carbamates (subject to hydrolysis) is 1. The number of hydrogen-bond acceptors (Lipinski definition) is 4. The summed E-state index contributed by atoms with van der Waals surface area (Å²) in [7, 11) is -1.29. The molecule has 0 fully saturated rings. The Hall–Kier alpha value is -0.610. The molecular formula is C20H27FI2N2O3S. The van der Waals surface area contributed by atoms with E-state index in [4.69, 9.17) is 10.5 Å². The van der Waals surface area contributed by atoms with E-state index in [2.05, 4.69) is 62.5 Å². The summed E-state index contributed by atoms with van der Waals surface area (Å²) in [5, 5.41) is 2.83. The van der Waals surface area contributed by atoms with Crippen LogP contribution in [0.2, 0.25) is 0 Å².